The highest BCUT2D eigenvalue weighted by Gasteiger charge is 2.12. The number of nitrogens with zero attached hydrogens (tertiary/aromatic N) is 2. The van der Waals surface area contributed by atoms with Gasteiger partial charge in [0.05, 0.1) is 16.5 Å². The fraction of sp³-hybridized carbons (Fsp3) is 0.200. The summed E-state index contributed by atoms with van der Waals surface area (Å²) in [7, 11) is 0. The van der Waals surface area contributed by atoms with Crippen molar-refractivity contribution in [1.29, 1.82) is 5.26 Å². The maximum absolute atomic E-state index is 9.40. The summed E-state index contributed by atoms with van der Waals surface area (Å²) in [6, 6.07) is 14.1. The van der Waals surface area contributed by atoms with Crippen LogP contribution in [-0.2, 0) is 0 Å². The van der Waals surface area contributed by atoms with Gasteiger partial charge in [-0.1, -0.05) is 22.0 Å². The first-order chi connectivity index (χ1) is 12.0. The van der Waals surface area contributed by atoms with Gasteiger partial charge >= 0.3 is 0 Å². The van der Waals surface area contributed by atoms with E-state index in [1.165, 1.54) is 5.56 Å². The summed E-state index contributed by atoms with van der Waals surface area (Å²) in [5.41, 5.74) is 3.82. The minimum atomic E-state index is 0.0355. The third kappa shape index (κ3) is 3.92. The van der Waals surface area contributed by atoms with Crippen molar-refractivity contribution in [2.45, 2.75) is 26.9 Å². The topological polar surface area (TPSA) is 45.9 Å². The fourth-order valence-corrected chi connectivity index (χ4v) is 4.00. The van der Waals surface area contributed by atoms with Gasteiger partial charge in [-0.15, -0.1) is 11.3 Å². The SMILES string of the molecule is Cc1cc(Br)ccc1-c1ncc(-c2ccc(OC(C)C)c(C#N)c2)s1. The molecule has 126 valence electrons. The highest BCUT2D eigenvalue weighted by molar-refractivity contribution is 9.10. The first-order valence-corrected chi connectivity index (χ1v) is 9.52. The third-order valence-corrected chi connectivity index (χ3v) is 5.24. The molecule has 0 saturated heterocycles. The van der Waals surface area contributed by atoms with E-state index in [4.69, 9.17) is 4.74 Å². The molecular weight excluding hydrogens is 396 g/mol. The van der Waals surface area contributed by atoms with E-state index in [-0.39, 0.29) is 6.10 Å². The number of nitriles is 1. The van der Waals surface area contributed by atoms with Crippen molar-refractivity contribution < 1.29 is 4.74 Å². The van der Waals surface area contributed by atoms with E-state index in [1.54, 1.807) is 11.3 Å². The molecule has 0 amide bonds. The maximum atomic E-state index is 9.40. The highest BCUT2D eigenvalue weighted by Crippen LogP contribution is 2.36. The zero-order chi connectivity index (χ0) is 18.0. The lowest BCUT2D eigenvalue weighted by Gasteiger charge is -2.11. The van der Waals surface area contributed by atoms with Gasteiger partial charge in [0.1, 0.15) is 16.8 Å². The minimum absolute atomic E-state index is 0.0355. The lowest BCUT2D eigenvalue weighted by Crippen LogP contribution is -2.06. The van der Waals surface area contributed by atoms with Gasteiger partial charge in [-0.2, -0.15) is 5.26 Å². The maximum Gasteiger partial charge on any atom is 0.137 e. The van der Waals surface area contributed by atoms with Gasteiger partial charge < -0.3 is 4.74 Å². The third-order valence-electron chi connectivity index (χ3n) is 3.67. The van der Waals surface area contributed by atoms with Crippen LogP contribution in [0.4, 0.5) is 0 Å². The Morgan fingerprint density at radius 1 is 1.20 bits per heavy atom. The van der Waals surface area contributed by atoms with Crippen LogP contribution in [0, 0.1) is 18.3 Å². The monoisotopic (exact) mass is 412 g/mol. The molecule has 3 nitrogen and oxygen atoms in total. The summed E-state index contributed by atoms with van der Waals surface area (Å²) in [6.07, 6.45) is 1.90. The molecule has 5 heteroatoms. The normalized spacial score (nSPS) is 10.7. The Bertz CT molecular complexity index is 957. The first-order valence-electron chi connectivity index (χ1n) is 7.91. The summed E-state index contributed by atoms with van der Waals surface area (Å²) in [4.78, 5) is 5.60. The van der Waals surface area contributed by atoms with Crippen LogP contribution in [0.3, 0.4) is 0 Å². The standard InChI is InChI=1S/C20H17BrN2OS/c1-12(2)24-18-7-4-14(9-15(18)10-22)19-11-23-20(25-19)17-6-5-16(21)8-13(17)3/h4-9,11-12H,1-3H3. The number of thiazole rings is 1. The van der Waals surface area contributed by atoms with E-state index in [1.807, 2.05) is 44.3 Å². The van der Waals surface area contributed by atoms with E-state index in [2.05, 4.69) is 46.0 Å². The summed E-state index contributed by atoms with van der Waals surface area (Å²) in [6.45, 7) is 5.98. The summed E-state index contributed by atoms with van der Waals surface area (Å²) in [5, 5.41) is 10.4. The molecule has 0 unspecified atom stereocenters. The molecule has 1 heterocycles. The van der Waals surface area contributed by atoms with Crippen molar-refractivity contribution in [2.75, 3.05) is 0 Å². The zero-order valence-corrected chi connectivity index (χ0v) is 16.6. The molecule has 3 aromatic rings. The second kappa shape index (κ2) is 7.38. The van der Waals surface area contributed by atoms with Crippen molar-refractivity contribution in [1.82, 2.24) is 4.98 Å². The van der Waals surface area contributed by atoms with Crippen LogP contribution in [0.1, 0.15) is 25.0 Å². The summed E-state index contributed by atoms with van der Waals surface area (Å²) >= 11 is 5.11. The molecule has 25 heavy (non-hydrogen) atoms. The van der Waals surface area contributed by atoms with E-state index in [0.29, 0.717) is 11.3 Å². The van der Waals surface area contributed by atoms with Crippen LogP contribution in [0.2, 0.25) is 0 Å². The van der Waals surface area contributed by atoms with E-state index in [9.17, 15) is 5.26 Å². The van der Waals surface area contributed by atoms with Gasteiger partial charge in [-0.3, -0.25) is 0 Å². The molecule has 0 N–H and O–H groups in total. The van der Waals surface area contributed by atoms with Crippen molar-refractivity contribution in [3.05, 3.63) is 58.2 Å². The molecule has 3 rings (SSSR count). The lowest BCUT2D eigenvalue weighted by atomic mass is 10.1. The Hall–Kier alpha value is -2.16. The van der Waals surface area contributed by atoms with Gasteiger partial charge in [0.25, 0.3) is 0 Å². The Balaban J connectivity index is 1.96. The number of rotatable bonds is 4. The Labute approximate surface area is 160 Å². The largest absolute Gasteiger partial charge is 0.490 e. The molecule has 0 fully saturated rings. The van der Waals surface area contributed by atoms with Crippen LogP contribution in [0.5, 0.6) is 5.75 Å². The molecule has 0 aliphatic carbocycles. The number of hydrogen-bond acceptors (Lipinski definition) is 4. The fourth-order valence-electron chi connectivity index (χ4n) is 2.53. The van der Waals surface area contributed by atoms with E-state index >= 15 is 0 Å². The van der Waals surface area contributed by atoms with Crippen molar-refractivity contribution in [2.24, 2.45) is 0 Å². The minimum Gasteiger partial charge on any atom is -0.490 e. The number of hydrogen-bond donors (Lipinski definition) is 0. The van der Waals surface area contributed by atoms with E-state index < -0.39 is 0 Å². The van der Waals surface area contributed by atoms with Gasteiger partial charge in [0.15, 0.2) is 0 Å². The number of ether oxygens (including phenoxy) is 1. The molecule has 0 aliphatic rings. The van der Waals surface area contributed by atoms with Crippen molar-refractivity contribution >= 4 is 27.3 Å². The van der Waals surface area contributed by atoms with Gasteiger partial charge in [-0.25, -0.2) is 4.98 Å². The van der Waals surface area contributed by atoms with Gasteiger partial charge in [-0.05, 0) is 62.2 Å². The zero-order valence-electron chi connectivity index (χ0n) is 14.2. The average molecular weight is 413 g/mol. The second-order valence-corrected chi connectivity index (χ2v) is 7.92. The number of halogens is 1. The molecule has 0 atom stereocenters. The molecule has 0 spiro atoms. The lowest BCUT2D eigenvalue weighted by molar-refractivity contribution is 0.242. The average Bonchev–Trinajstić information content (AvgIpc) is 3.04. The van der Waals surface area contributed by atoms with Gasteiger partial charge in [0.2, 0.25) is 0 Å². The van der Waals surface area contributed by atoms with E-state index in [0.717, 1.165) is 25.5 Å². The Morgan fingerprint density at radius 3 is 2.68 bits per heavy atom. The smallest absolute Gasteiger partial charge is 0.137 e. The molecule has 2 aromatic carbocycles. The van der Waals surface area contributed by atoms with Crippen molar-refractivity contribution in [3.63, 3.8) is 0 Å². The van der Waals surface area contributed by atoms with Crippen LogP contribution >= 0.6 is 27.3 Å². The summed E-state index contributed by atoms with van der Waals surface area (Å²) in [5.74, 6) is 0.620. The number of aryl methyl sites for hydroxylation is 1. The molecule has 1 aromatic heterocycles. The van der Waals surface area contributed by atoms with Gasteiger partial charge in [0, 0.05) is 16.2 Å². The highest BCUT2D eigenvalue weighted by atomic mass is 79.9. The van der Waals surface area contributed by atoms with Crippen LogP contribution in [0.15, 0.2) is 47.1 Å². The number of benzene rings is 2. The predicted octanol–water partition coefficient (Wildman–Crippen LogP) is 6.21. The second-order valence-electron chi connectivity index (χ2n) is 5.98. The number of aromatic nitrogens is 1. The van der Waals surface area contributed by atoms with Crippen molar-refractivity contribution in [3.8, 4) is 32.8 Å². The predicted molar refractivity (Wildman–Crippen MR) is 106 cm³/mol. The van der Waals surface area contributed by atoms with Crippen LogP contribution < -0.4 is 4.74 Å². The molecular formula is C20H17BrN2OS. The molecule has 0 saturated carbocycles. The quantitative estimate of drug-likeness (QED) is 0.511. The molecule has 0 bridgehead atoms. The van der Waals surface area contributed by atoms with Crippen LogP contribution in [-0.4, -0.2) is 11.1 Å². The first kappa shape index (κ1) is 17.7. The van der Waals surface area contributed by atoms with Crippen LogP contribution in [0.25, 0.3) is 21.0 Å². The Morgan fingerprint density at radius 2 is 2.00 bits per heavy atom. The Kier molecular flexibility index (Phi) is 5.22. The summed E-state index contributed by atoms with van der Waals surface area (Å²) < 4.78 is 6.75. The molecule has 0 radical (unpaired) electrons. The molecule has 0 aliphatic heterocycles.